The number of carboxylic acid groups (broad SMARTS) is 1. The van der Waals surface area contributed by atoms with Crippen LogP contribution in [0.2, 0.25) is 5.02 Å². The average Bonchev–Trinajstić information content (AvgIpc) is 2.46. The minimum absolute atomic E-state index is 0.135. The molecule has 6 nitrogen and oxygen atoms in total. The second kappa shape index (κ2) is 9.40. The van der Waals surface area contributed by atoms with Crippen LogP contribution in [0.5, 0.6) is 0 Å². The molecule has 0 bridgehead atoms. The monoisotopic (exact) mass is 328 g/mol. The first kappa shape index (κ1) is 18.4. The number of halogens is 1. The van der Waals surface area contributed by atoms with Crippen molar-refractivity contribution in [2.75, 3.05) is 25.5 Å². The van der Waals surface area contributed by atoms with Gasteiger partial charge in [0.25, 0.3) is 0 Å². The van der Waals surface area contributed by atoms with Gasteiger partial charge in [-0.3, -0.25) is 4.79 Å². The van der Waals surface area contributed by atoms with Crippen molar-refractivity contribution in [1.29, 1.82) is 0 Å². The van der Waals surface area contributed by atoms with Crippen LogP contribution in [-0.4, -0.2) is 38.1 Å². The van der Waals surface area contributed by atoms with Crippen molar-refractivity contribution in [1.82, 2.24) is 0 Å². The van der Waals surface area contributed by atoms with E-state index in [2.05, 4.69) is 5.32 Å². The van der Waals surface area contributed by atoms with Gasteiger partial charge in [0.15, 0.2) is 0 Å². The Balaban J connectivity index is 2.52. The van der Waals surface area contributed by atoms with Crippen molar-refractivity contribution in [3.05, 3.63) is 28.8 Å². The van der Waals surface area contributed by atoms with Crippen LogP contribution in [0.1, 0.15) is 18.4 Å². The molecule has 0 saturated heterocycles. The lowest BCUT2D eigenvalue weighted by Gasteiger charge is -2.16. The zero-order valence-corrected chi connectivity index (χ0v) is 13.7. The van der Waals surface area contributed by atoms with Crippen LogP contribution in [0.3, 0.4) is 0 Å². The summed E-state index contributed by atoms with van der Waals surface area (Å²) in [4.78, 5) is 23.0. The molecular formula is C15H23ClN3O3+. The maximum absolute atomic E-state index is 11.9. The number of carbonyl (C=O) groups is 2. The molecule has 5 N–H and O–H groups in total. The summed E-state index contributed by atoms with van der Waals surface area (Å²) in [6.07, 6.45) is 0.735. The Hall–Kier alpha value is -1.63. The molecule has 0 saturated carbocycles. The predicted molar refractivity (Wildman–Crippen MR) is 82.4 cm³/mol. The van der Waals surface area contributed by atoms with E-state index in [0.29, 0.717) is 17.3 Å². The first-order chi connectivity index (χ1) is 10.4. The lowest BCUT2D eigenvalue weighted by atomic mass is 10.1. The molecule has 1 rings (SSSR count). The third-order valence-electron chi connectivity index (χ3n) is 3.31. The summed E-state index contributed by atoms with van der Waals surface area (Å²) in [6.45, 7) is 3.43. The van der Waals surface area contributed by atoms with Crippen molar-refractivity contribution >= 4 is 29.2 Å². The van der Waals surface area contributed by atoms with Gasteiger partial charge in [0.1, 0.15) is 6.04 Å². The molecule has 0 heterocycles. The van der Waals surface area contributed by atoms with E-state index < -0.39 is 12.0 Å². The van der Waals surface area contributed by atoms with Crippen LogP contribution >= 0.6 is 11.6 Å². The molecule has 7 heteroatoms. The highest BCUT2D eigenvalue weighted by Crippen LogP contribution is 2.19. The Morgan fingerprint density at radius 3 is 2.68 bits per heavy atom. The predicted octanol–water partition coefficient (Wildman–Crippen LogP) is -1.76. The number of aliphatic carboxylic acids is 1. The second-order valence-electron chi connectivity index (χ2n) is 5.22. The highest BCUT2D eigenvalue weighted by Gasteiger charge is 2.18. The molecule has 0 aliphatic rings. The lowest BCUT2D eigenvalue weighted by Crippen LogP contribution is -2.94. The molecule has 1 atom stereocenters. The summed E-state index contributed by atoms with van der Waals surface area (Å²) >= 11 is 5.99. The number of nitrogens with one attached hydrogen (secondary N) is 1. The molecule has 122 valence electrons. The van der Waals surface area contributed by atoms with Crippen LogP contribution in [0, 0.1) is 6.92 Å². The van der Waals surface area contributed by atoms with Crippen molar-refractivity contribution in [2.45, 2.75) is 25.8 Å². The number of rotatable bonds is 9. The van der Waals surface area contributed by atoms with E-state index in [1.165, 1.54) is 0 Å². The van der Waals surface area contributed by atoms with Crippen molar-refractivity contribution in [3.63, 3.8) is 0 Å². The molecule has 1 aromatic carbocycles. The number of carboxylic acids is 1. The molecule has 0 spiro atoms. The Kier molecular flexibility index (Phi) is 7.87. The maximum Gasteiger partial charge on any atom is 0.230 e. The Morgan fingerprint density at radius 2 is 2.09 bits per heavy atom. The number of amides is 1. The van der Waals surface area contributed by atoms with Gasteiger partial charge in [0.2, 0.25) is 5.91 Å². The Labute approximate surface area is 135 Å². The largest absolute Gasteiger partial charge is 0.544 e. The highest BCUT2D eigenvalue weighted by molar-refractivity contribution is 6.31. The van der Waals surface area contributed by atoms with E-state index in [4.69, 9.17) is 11.6 Å². The van der Waals surface area contributed by atoms with Crippen molar-refractivity contribution < 1.29 is 25.3 Å². The van der Waals surface area contributed by atoms with Gasteiger partial charge in [-0.1, -0.05) is 17.7 Å². The van der Waals surface area contributed by atoms with Crippen LogP contribution < -0.4 is 21.1 Å². The zero-order chi connectivity index (χ0) is 16.5. The lowest BCUT2D eigenvalue weighted by molar-refractivity contribution is -0.692. The molecule has 1 aromatic rings. The number of aryl methyl sites for hydroxylation is 1. The molecule has 1 amide bonds. The standard InChI is InChI=1S/C15H22ClN3O3/c1-10-4-5-11(8-12(10)16)19-14(20)9-13(15(21)22)18-7-3-6-17-2/h4-5,8,13,17-18H,3,6-7,9H2,1-2H3,(H,19,20)(H,21,22)/p+1/t13-/m0/s1. The van der Waals surface area contributed by atoms with Gasteiger partial charge in [-0.25, -0.2) is 0 Å². The van der Waals surface area contributed by atoms with Crippen LogP contribution in [0.15, 0.2) is 18.2 Å². The van der Waals surface area contributed by atoms with Gasteiger partial charge in [-0.2, -0.15) is 0 Å². The van der Waals surface area contributed by atoms with E-state index in [-0.39, 0.29) is 12.3 Å². The minimum atomic E-state index is -1.22. The van der Waals surface area contributed by atoms with Gasteiger partial charge < -0.3 is 25.9 Å². The molecular weight excluding hydrogens is 306 g/mol. The summed E-state index contributed by atoms with van der Waals surface area (Å²) in [5, 5.41) is 18.0. The van der Waals surface area contributed by atoms with Crippen LogP contribution in [0.4, 0.5) is 5.69 Å². The quantitative estimate of drug-likeness (QED) is 0.468. The molecule has 0 aromatic heterocycles. The molecule has 0 aliphatic heterocycles. The van der Waals surface area contributed by atoms with E-state index >= 15 is 0 Å². The molecule has 0 unspecified atom stereocenters. The molecule has 0 fully saturated rings. The SMILES string of the molecule is C[NH2+]CCC[NH2+][C@@H](CC(=O)Nc1ccc(C)c(Cl)c1)C(=O)[O-]. The summed E-state index contributed by atoms with van der Waals surface area (Å²) in [5.41, 5.74) is 1.46. The highest BCUT2D eigenvalue weighted by atomic mass is 35.5. The number of quaternary nitrogens is 2. The minimum Gasteiger partial charge on any atom is -0.544 e. The Bertz CT molecular complexity index is 523. The first-order valence-corrected chi connectivity index (χ1v) is 7.70. The first-order valence-electron chi connectivity index (χ1n) is 7.32. The van der Waals surface area contributed by atoms with Crippen molar-refractivity contribution in [3.8, 4) is 0 Å². The number of carbonyl (C=O) groups excluding carboxylic acids is 2. The number of hydrogen-bond acceptors (Lipinski definition) is 3. The fourth-order valence-corrected chi connectivity index (χ4v) is 2.17. The third kappa shape index (κ3) is 6.43. The number of anilines is 1. The number of hydrogen-bond donors (Lipinski definition) is 3. The normalized spacial score (nSPS) is 12.0. The average molecular weight is 329 g/mol. The summed E-state index contributed by atoms with van der Waals surface area (Å²) in [6, 6.07) is 4.29. The summed E-state index contributed by atoms with van der Waals surface area (Å²) in [5.74, 6) is -1.59. The smallest absolute Gasteiger partial charge is 0.230 e. The van der Waals surface area contributed by atoms with Crippen LogP contribution in [0.25, 0.3) is 0 Å². The van der Waals surface area contributed by atoms with Gasteiger partial charge in [0, 0.05) is 17.1 Å². The van der Waals surface area contributed by atoms with Crippen LogP contribution in [-0.2, 0) is 9.59 Å². The van der Waals surface area contributed by atoms with Crippen molar-refractivity contribution in [2.24, 2.45) is 0 Å². The van der Waals surface area contributed by atoms with E-state index in [0.717, 1.165) is 18.5 Å². The molecule has 22 heavy (non-hydrogen) atoms. The van der Waals surface area contributed by atoms with Gasteiger partial charge in [-0.05, 0) is 24.6 Å². The van der Waals surface area contributed by atoms with Gasteiger partial charge >= 0.3 is 0 Å². The summed E-state index contributed by atoms with van der Waals surface area (Å²) < 4.78 is 0. The third-order valence-corrected chi connectivity index (χ3v) is 3.72. The topological polar surface area (TPSA) is 102 Å². The molecule has 0 radical (unpaired) electrons. The van der Waals surface area contributed by atoms with Gasteiger partial charge in [-0.15, -0.1) is 0 Å². The van der Waals surface area contributed by atoms with E-state index in [1.807, 2.05) is 19.3 Å². The fraction of sp³-hybridized carbons (Fsp3) is 0.467. The number of benzene rings is 1. The van der Waals surface area contributed by atoms with E-state index in [9.17, 15) is 14.7 Å². The Morgan fingerprint density at radius 1 is 1.36 bits per heavy atom. The molecule has 0 aliphatic carbocycles. The number of nitrogens with two attached hydrogens (primary N) is 2. The fourth-order valence-electron chi connectivity index (χ4n) is 1.99. The zero-order valence-electron chi connectivity index (χ0n) is 12.9. The second-order valence-corrected chi connectivity index (χ2v) is 5.62. The summed E-state index contributed by atoms with van der Waals surface area (Å²) in [7, 11) is 1.95. The maximum atomic E-state index is 11.9. The van der Waals surface area contributed by atoms with Gasteiger partial charge in [0.05, 0.1) is 32.5 Å². The van der Waals surface area contributed by atoms with E-state index in [1.54, 1.807) is 23.5 Å².